The number of aryl methyl sites for hydroxylation is 1. The van der Waals surface area contributed by atoms with E-state index in [0.717, 1.165) is 24.8 Å². The summed E-state index contributed by atoms with van der Waals surface area (Å²) in [6.45, 7) is 5.82. The molecule has 0 aliphatic heterocycles. The van der Waals surface area contributed by atoms with Gasteiger partial charge in [-0.2, -0.15) is 0 Å². The smallest absolute Gasteiger partial charge is 0.240 e. The van der Waals surface area contributed by atoms with Crippen LogP contribution in [0.2, 0.25) is 0 Å². The number of nitrogens with one attached hydrogen (secondary N) is 1. The monoisotopic (exact) mass is 299 g/mol. The van der Waals surface area contributed by atoms with Gasteiger partial charge in [-0.3, -0.25) is 0 Å². The second kappa shape index (κ2) is 7.76. The number of aliphatic hydroxyl groups is 1. The molecule has 0 amide bonds. The lowest BCUT2D eigenvalue weighted by Gasteiger charge is -2.23. The Morgan fingerprint density at radius 3 is 2.35 bits per heavy atom. The van der Waals surface area contributed by atoms with Gasteiger partial charge in [0.15, 0.2) is 0 Å². The van der Waals surface area contributed by atoms with Crippen LogP contribution in [0, 0.1) is 12.8 Å². The number of hydrogen-bond acceptors (Lipinski definition) is 3. The van der Waals surface area contributed by atoms with Crippen molar-refractivity contribution in [1.29, 1.82) is 0 Å². The Kier molecular flexibility index (Phi) is 6.65. The van der Waals surface area contributed by atoms with E-state index in [9.17, 15) is 13.5 Å². The van der Waals surface area contributed by atoms with Crippen molar-refractivity contribution in [2.24, 2.45) is 5.92 Å². The first-order valence-electron chi connectivity index (χ1n) is 7.10. The van der Waals surface area contributed by atoms with Crippen LogP contribution in [0.15, 0.2) is 29.2 Å². The van der Waals surface area contributed by atoms with Crippen LogP contribution in [-0.2, 0) is 10.0 Å². The molecule has 0 heterocycles. The molecular formula is C15H25NO3S. The van der Waals surface area contributed by atoms with Gasteiger partial charge in [-0.1, -0.05) is 44.4 Å². The van der Waals surface area contributed by atoms with E-state index in [1.165, 1.54) is 0 Å². The van der Waals surface area contributed by atoms with Crippen molar-refractivity contribution in [2.45, 2.75) is 51.0 Å². The van der Waals surface area contributed by atoms with Gasteiger partial charge >= 0.3 is 0 Å². The zero-order chi connectivity index (χ0) is 15.2. The highest BCUT2D eigenvalue weighted by atomic mass is 32.2. The van der Waals surface area contributed by atoms with E-state index in [1.54, 1.807) is 24.3 Å². The van der Waals surface area contributed by atoms with Crippen LogP contribution in [0.25, 0.3) is 0 Å². The highest BCUT2D eigenvalue weighted by Gasteiger charge is 2.23. The molecule has 1 aromatic rings. The van der Waals surface area contributed by atoms with Crippen LogP contribution in [0.5, 0.6) is 0 Å². The van der Waals surface area contributed by atoms with E-state index >= 15 is 0 Å². The zero-order valence-corrected chi connectivity index (χ0v) is 13.3. The lowest BCUT2D eigenvalue weighted by Crippen LogP contribution is -2.40. The maximum absolute atomic E-state index is 12.3. The third-order valence-corrected chi connectivity index (χ3v) is 4.99. The Bertz CT molecular complexity index is 496. The van der Waals surface area contributed by atoms with Crippen molar-refractivity contribution in [3.05, 3.63) is 29.8 Å². The fraction of sp³-hybridized carbons (Fsp3) is 0.600. The minimum Gasteiger partial charge on any atom is -0.396 e. The molecule has 4 nitrogen and oxygen atoms in total. The van der Waals surface area contributed by atoms with Gasteiger partial charge in [0.25, 0.3) is 0 Å². The summed E-state index contributed by atoms with van der Waals surface area (Å²) >= 11 is 0. The van der Waals surface area contributed by atoms with Crippen molar-refractivity contribution >= 4 is 10.0 Å². The summed E-state index contributed by atoms with van der Waals surface area (Å²) in [5.41, 5.74) is 1.02. The van der Waals surface area contributed by atoms with Crippen molar-refractivity contribution < 1.29 is 13.5 Å². The molecule has 0 fully saturated rings. The summed E-state index contributed by atoms with van der Waals surface area (Å²) in [4.78, 5) is 0.273. The van der Waals surface area contributed by atoms with E-state index in [0.29, 0.717) is 0 Å². The van der Waals surface area contributed by atoms with Crippen molar-refractivity contribution in [1.82, 2.24) is 4.72 Å². The molecule has 0 bridgehead atoms. The van der Waals surface area contributed by atoms with Crippen LogP contribution in [0.4, 0.5) is 0 Å². The summed E-state index contributed by atoms with van der Waals surface area (Å²) in [5.74, 6) is -0.0956. The fourth-order valence-corrected chi connectivity index (χ4v) is 3.37. The predicted molar refractivity (Wildman–Crippen MR) is 81.1 cm³/mol. The first-order valence-corrected chi connectivity index (χ1v) is 8.59. The van der Waals surface area contributed by atoms with Gasteiger partial charge in [-0.05, 0) is 31.4 Å². The van der Waals surface area contributed by atoms with Crippen LogP contribution < -0.4 is 4.72 Å². The molecule has 0 saturated carbocycles. The molecular weight excluding hydrogens is 274 g/mol. The molecule has 0 aromatic heterocycles. The molecule has 0 aliphatic carbocycles. The second-order valence-electron chi connectivity index (χ2n) is 5.34. The summed E-state index contributed by atoms with van der Waals surface area (Å²) in [6, 6.07) is 6.55. The summed E-state index contributed by atoms with van der Waals surface area (Å²) in [7, 11) is -3.52. The molecule has 0 radical (unpaired) electrons. The fourth-order valence-electron chi connectivity index (χ4n) is 2.00. The van der Waals surface area contributed by atoms with E-state index < -0.39 is 10.0 Å². The highest BCUT2D eigenvalue weighted by Crippen LogP contribution is 2.16. The average molecular weight is 299 g/mol. The maximum atomic E-state index is 12.3. The number of rotatable bonds is 8. The predicted octanol–water partition coefficient (Wildman–Crippen LogP) is 2.46. The Hall–Kier alpha value is -0.910. The van der Waals surface area contributed by atoms with Gasteiger partial charge in [0.1, 0.15) is 0 Å². The van der Waals surface area contributed by atoms with E-state index in [-0.39, 0.29) is 23.5 Å². The Balaban J connectivity index is 2.87. The maximum Gasteiger partial charge on any atom is 0.240 e. The van der Waals surface area contributed by atoms with Crippen molar-refractivity contribution in [3.8, 4) is 0 Å². The lowest BCUT2D eigenvalue weighted by atomic mass is 9.99. The normalized spacial score (nSPS) is 15.0. The molecule has 20 heavy (non-hydrogen) atoms. The minimum atomic E-state index is -3.52. The first-order chi connectivity index (χ1) is 9.40. The van der Waals surface area contributed by atoms with Gasteiger partial charge in [0, 0.05) is 12.6 Å². The van der Waals surface area contributed by atoms with Crippen molar-refractivity contribution in [3.63, 3.8) is 0 Å². The van der Waals surface area contributed by atoms with Gasteiger partial charge in [-0.15, -0.1) is 0 Å². The molecule has 2 atom stereocenters. The SMILES string of the molecule is CCCC[C@@H](NS(=O)(=O)c1ccc(C)cc1)[C@@H](C)CO. The lowest BCUT2D eigenvalue weighted by molar-refractivity contribution is 0.205. The van der Waals surface area contributed by atoms with Gasteiger partial charge in [0.2, 0.25) is 10.0 Å². The zero-order valence-electron chi connectivity index (χ0n) is 12.5. The molecule has 1 aromatic carbocycles. The third-order valence-electron chi connectivity index (χ3n) is 3.48. The largest absolute Gasteiger partial charge is 0.396 e. The first kappa shape index (κ1) is 17.1. The van der Waals surface area contributed by atoms with Crippen LogP contribution >= 0.6 is 0 Å². The minimum absolute atomic E-state index is 0.0230. The highest BCUT2D eigenvalue weighted by molar-refractivity contribution is 7.89. The topological polar surface area (TPSA) is 66.4 Å². The van der Waals surface area contributed by atoms with E-state index in [1.807, 2.05) is 13.8 Å². The number of unbranched alkanes of at least 4 members (excludes halogenated alkanes) is 1. The molecule has 0 aliphatic rings. The van der Waals surface area contributed by atoms with Gasteiger partial charge in [-0.25, -0.2) is 13.1 Å². The number of hydrogen-bond donors (Lipinski definition) is 2. The Morgan fingerprint density at radius 1 is 1.25 bits per heavy atom. The molecule has 2 N–H and O–H groups in total. The average Bonchev–Trinajstić information content (AvgIpc) is 2.43. The molecule has 114 valence electrons. The number of aliphatic hydroxyl groups excluding tert-OH is 1. The third kappa shape index (κ3) is 4.89. The summed E-state index contributed by atoms with van der Waals surface area (Å²) < 4.78 is 27.4. The van der Waals surface area contributed by atoms with E-state index in [4.69, 9.17) is 0 Å². The number of benzene rings is 1. The van der Waals surface area contributed by atoms with Crippen LogP contribution in [-0.4, -0.2) is 26.2 Å². The Morgan fingerprint density at radius 2 is 1.85 bits per heavy atom. The molecule has 0 spiro atoms. The van der Waals surface area contributed by atoms with Crippen molar-refractivity contribution in [2.75, 3.05) is 6.61 Å². The second-order valence-corrected chi connectivity index (χ2v) is 7.06. The van der Waals surface area contributed by atoms with Crippen LogP contribution in [0.1, 0.15) is 38.7 Å². The molecule has 1 rings (SSSR count). The Labute approximate surface area is 122 Å². The van der Waals surface area contributed by atoms with Gasteiger partial charge < -0.3 is 5.11 Å². The summed E-state index contributed by atoms with van der Waals surface area (Å²) in [5, 5.41) is 9.27. The molecule has 0 saturated heterocycles. The molecule has 0 unspecified atom stereocenters. The summed E-state index contributed by atoms with van der Waals surface area (Å²) in [6.07, 6.45) is 2.68. The van der Waals surface area contributed by atoms with Gasteiger partial charge in [0.05, 0.1) is 4.90 Å². The standard InChI is InChI=1S/C15H25NO3S/c1-4-5-6-15(13(3)11-17)16-20(18,19)14-9-7-12(2)8-10-14/h7-10,13,15-17H,4-6,11H2,1-3H3/t13-,15+/m0/s1. The number of sulfonamides is 1. The van der Waals surface area contributed by atoms with E-state index in [2.05, 4.69) is 11.6 Å². The molecule has 5 heteroatoms. The quantitative estimate of drug-likeness (QED) is 0.775. The van der Waals surface area contributed by atoms with Crippen LogP contribution in [0.3, 0.4) is 0 Å².